The number of ether oxygens (including phenoxy) is 1. The van der Waals surface area contributed by atoms with Crippen LogP contribution in [0.1, 0.15) is 27.7 Å². The van der Waals surface area contributed by atoms with Crippen molar-refractivity contribution in [2.75, 3.05) is 0 Å². The Morgan fingerprint density at radius 3 is 1.47 bits per heavy atom. The molecule has 0 saturated heterocycles. The van der Waals surface area contributed by atoms with Gasteiger partial charge in [0.2, 0.25) is 0 Å². The molecule has 7 nitrogen and oxygen atoms in total. The quantitative estimate of drug-likeness (QED) is 0.290. The SMILES string of the molecule is CC(O)NC(C)(N)OC(C)(N)NC(C)O. The fourth-order valence-electron chi connectivity index (χ4n) is 1.33. The number of nitrogens with two attached hydrogens (primary N) is 2. The number of hydrogen-bond acceptors (Lipinski definition) is 7. The zero-order valence-electron chi connectivity index (χ0n) is 9.61. The minimum absolute atomic E-state index is 0.831. The summed E-state index contributed by atoms with van der Waals surface area (Å²) in [7, 11) is 0. The third kappa shape index (κ3) is 7.63. The Hall–Kier alpha value is -0.280. The van der Waals surface area contributed by atoms with E-state index in [1.54, 1.807) is 0 Å². The fraction of sp³-hybridized carbons (Fsp3) is 1.00. The van der Waals surface area contributed by atoms with Crippen molar-refractivity contribution >= 4 is 0 Å². The standard InChI is InChI=1S/C8H22N4O3/c1-5(13)11-7(3,9)15-8(4,10)12-6(2)14/h5-6,11-14H,9-10H2,1-4H3. The lowest BCUT2D eigenvalue weighted by Gasteiger charge is -2.37. The molecule has 4 atom stereocenters. The zero-order chi connectivity index (χ0) is 12.3. The molecule has 4 unspecified atom stereocenters. The Bertz CT molecular complexity index is 174. The highest BCUT2D eigenvalue weighted by atomic mass is 16.6. The van der Waals surface area contributed by atoms with Crippen molar-refractivity contribution in [1.82, 2.24) is 10.6 Å². The van der Waals surface area contributed by atoms with Crippen LogP contribution >= 0.6 is 0 Å². The molecule has 0 spiro atoms. The van der Waals surface area contributed by atoms with E-state index in [1.807, 2.05) is 0 Å². The average molecular weight is 222 g/mol. The highest BCUT2D eigenvalue weighted by Gasteiger charge is 2.31. The van der Waals surface area contributed by atoms with Gasteiger partial charge in [-0.15, -0.1) is 0 Å². The van der Waals surface area contributed by atoms with E-state index in [-0.39, 0.29) is 0 Å². The van der Waals surface area contributed by atoms with E-state index < -0.39 is 24.2 Å². The van der Waals surface area contributed by atoms with Gasteiger partial charge in [0.25, 0.3) is 0 Å². The Balaban J connectivity index is 4.29. The maximum absolute atomic E-state index is 9.08. The van der Waals surface area contributed by atoms with Crippen LogP contribution in [0.25, 0.3) is 0 Å². The lowest BCUT2D eigenvalue weighted by molar-refractivity contribution is -0.190. The van der Waals surface area contributed by atoms with Crippen LogP contribution in [0.5, 0.6) is 0 Å². The first-order chi connectivity index (χ1) is 6.54. The van der Waals surface area contributed by atoms with Crippen molar-refractivity contribution in [2.24, 2.45) is 11.5 Å². The summed E-state index contributed by atoms with van der Waals surface area (Å²) in [4.78, 5) is 0. The number of rotatable bonds is 6. The van der Waals surface area contributed by atoms with Gasteiger partial charge in [-0.3, -0.25) is 22.1 Å². The van der Waals surface area contributed by atoms with Gasteiger partial charge in [0, 0.05) is 0 Å². The Morgan fingerprint density at radius 2 is 1.27 bits per heavy atom. The summed E-state index contributed by atoms with van der Waals surface area (Å²) in [6.07, 6.45) is -1.66. The van der Waals surface area contributed by atoms with E-state index >= 15 is 0 Å². The van der Waals surface area contributed by atoms with Crippen molar-refractivity contribution in [3.8, 4) is 0 Å². The van der Waals surface area contributed by atoms with Gasteiger partial charge in [-0.1, -0.05) is 0 Å². The average Bonchev–Trinajstić information content (AvgIpc) is 1.73. The summed E-state index contributed by atoms with van der Waals surface area (Å²) >= 11 is 0. The van der Waals surface area contributed by atoms with Crippen LogP contribution in [0.2, 0.25) is 0 Å². The molecule has 15 heavy (non-hydrogen) atoms. The summed E-state index contributed by atoms with van der Waals surface area (Å²) in [6, 6.07) is 0. The van der Waals surface area contributed by atoms with Crippen molar-refractivity contribution < 1.29 is 14.9 Å². The van der Waals surface area contributed by atoms with Crippen molar-refractivity contribution in [3.05, 3.63) is 0 Å². The van der Waals surface area contributed by atoms with Crippen LogP contribution in [0.15, 0.2) is 0 Å². The van der Waals surface area contributed by atoms with Crippen LogP contribution in [0, 0.1) is 0 Å². The molecule has 0 aromatic carbocycles. The molecule has 0 rings (SSSR count). The summed E-state index contributed by atoms with van der Waals surface area (Å²) in [5, 5.41) is 23.3. The molecule has 8 N–H and O–H groups in total. The molecule has 0 bridgehead atoms. The molecule has 0 saturated carbocycles. The van der Waals surface area contributed by atoms with Gasteiger partial charge in [-0.2, -0.15) is 0 Å². The molecule has 0 aliphatic heterocycles. The maximum atomic E-state index is 9.08. The molecule has 7 heteroatoms. The topological polar surface area (TPSA) is 126 Å². The van der Waals surface area contributed by atoms with Crippen molar-refractivity contribution in [2.45, 2.75) is 51.8 Å². The molecule has 0 amide bonds. The molecular formula is C8H22N4O3. The largest absolute Gasteiger partial charge is 0.379 e. The first kappa shape index (κ1) is 14.7. The molecule has 0 radical (unpaired) electrons. The molecule has 92 valence electrons. The van der Waals surface area contributed by atoms with Crippen LogP contribution < -0.4 is 22.1 Å². The Kier molecular flexibility index (Phi) is 5.07. The Labute approximate surface area is 89.8 Å². The second-order valence-electron chi connectivity index (χ2n) is 3.96. The van der Waals surface area contributed by atoms with Crippen molar-refractivity contribution in [1.29, 1.82) is 0 Å². The normalized spacial score (nSPS) is 24.0. The highest BCUT2D eigenvalue weighted by Crippen LogP contribution is 2.08. The minimum Gasteiger partial charge on any atom is -0.379 e. The van der Waals surface area contributed by atoms with Gasteiger partial charge in [0.05, 0.1) is 0 Å². The van der Waals surface area contributed by atoms with E-state index in [1.165, 1.54) is 27.7 Å². The predicted octanol–water partition coefficient (Wildman–Crippen LogP) is -1.88. The molecule has 0 fully saturated rings. The summed E-state index contributed by atoms with van der Waals surface area (Å²) < 4.78 is 5.26. The second-order valence-corrected chi connectivity index (χ2v) is 3.96. The van der Waals surface area contributed by atoms with E-state index in [2.05, 4.69) is 10.6 Å². The van der Waals surface area contributed by atoms with Crippen LogP contribution in [0.3, 0.4) is 0 Å². The fourth-order valence-corrected chi connectivity index (χ4v) is 1.33. The number of aliphatic hydroxyl groups is 2. The van der Waals surface area contributed by atoms with Gasteiger partial charge < -0.3 is 14.9 Å². The van der Waals surface area contributed by atoms with Gasteiger partial charge in [0.1, 0.15) is 12.5 Å². The molecule has 0 aromatic heterocycles. The second kappa shape index (κ2) is 5.17. The minimum atomic E-state index is -1.31. The first-order valence-corrected chi connectivity index (χ1v) is 4.73. The van der Waals surface area contributed by atoms with E-state index in [0.29, 0.717) is 0 Å². The monoisotopic (exact) mass is 222 g/mol. The summed E-state index contributed by atoms with van der Waals surface area (Å²) in [5.41, 5.74) is 11.4. The van der Waals surface area contributed by atoms with Gasteiger partial charge in [0.15, 0.2) is 11.7 Å². The third-order valence-electron chi connectivity index (χ3n) is 1.42. The first-order valence-electron chi connectivity index (χ1n) is 4.73. The molecule has 0 aromatic rings. The molecule has 0 heterocycles. The Morgan fingerprint density at radius 1 is 1.00 bits per heavy atom. The van der Waals surface area contributed by atoms with E-state index in [4.69, 9.17) is 26.4 Å². The lowest BCUT2D eigenvalue weighted by Crippen LogP contribution is -2.67. The van der Waals surface area contributed by atoms with E-state index in [9.17, 15) is 0 Å². The maximum Gasteiger partial charge on any atom is 0.174 e. The lowest BCUT2D eigenvalue weighted by atomic mass is 10.4. The van der Waals surface area contributed by atoms with Crippen LogP contribution in [0.4, 0.5) is 0 Å². The highest BCUT2D eigenvalue weighted by molar-refractivity contribution is 4.72. The zero-order valence-corrected chi connectivity index (χ0v) is 9.61. The van der Waals surface area contributed by atoms with Gasteiger partial charge >= 0.3 is 0 Å². The number of aliphatic hydroxyl groups excluding tert-OH is 2. The number of hydrogen-bond donors (Lipinski definition) is 6. The van der Waals surface area contributed by atoms with Gasteiger partial charge in [-0.05, 0) is 27.7 Å². The summed E-state index contributed by atoms with van der Waals surface area (Å²) in [6.45, 7) is 6.03. The molecule has 0 aliphatic rings. The van der Waals surface area contributed by atoms with Crippen LogP contribution in [-0.4, -0.2) is 34.4 Å². The van der Waals surface area contributed by atoms with E-state index in [0.717, 1.165) is 0 Å². The van der Waals surface area contributed by atoms with Gasteiger partial charge in [-0.25, -0.2) is 0 Å². The smallest absolute Gasteiger partial charge is 0.174 e. The van der Waals surface area contributed by atoms with Crippen LogP contribution in [-0.2, 0) is 4.74 Å². The predicted molar refractivity (Wildman–Crippen MR) is 55.9 cm³/mol. The molecule has 0 aliphatic carbocycles. The summed E-state index contributed by atoms with van der Waals surface area (Å²) in [5.74, 6) is -2.61. The third-order valence-corrected chi connectivity index (χ3v) is 1.42. The van der Waals surface area contributed by atoms with Crippen molar-refractivity contribution in [3.63, 3.8) is 0 Å². The molecular weight excluding hydrogens is 200 g/mol. The number of nitrogens with one attached hydrogen (secondary N) is 2.